The van der Waals surface area contributed by atoms with E-state index < -0.39 is 35.5 Å². The monoisotopic (exact) mass is 298 g/mol. The average molecular weight is 298 g/mol. The van der Waals surface area contributed by atoms with Crippen LogP contribution < -0.4 is 11.2 Å². The summed E-state index contributed by atoms with van der Waals surface area (Å²) < 4.78 is 6.21. The van der Waals surface area contributed by atoms with E-state index in [1.807, 2.05) is 4.98 Å². The summed E-state index contributed by atoms with van der Waals surface area (Å²) in [6.07, 6.45) is 0.719. The summed E-state index contributed by atoms with van der Waals surface area (Å²) >= 11 is 0. The molecule has 0 unspecified atom stereocenters. The molecule has 4 N–H and O–H groups in total. The zero-order valence-corrected chi connectivity index (χ0v) is 10.8. The molecule has 1 fully saturated rings. The quantitative estimate of drug-likeness (QED) is 0.477. The van der Waals surface area contributed by atoms with Gasteiger partial charge in [-0.2, -0.15) is 0 Å². The zero-order chi connectivity index (χ0) is 15.6. The molecular weight excluding hydrogens is 284 g/mol. The Morgan fingerprint density at radius 3 is 2.81 bits per heavy atom. The third kappa shape index (κ3) is 3.10. The molecule has 2 rings (SSSR count). The van der Waals surface area contributed by atoms with E-state index >= 15 is 0 Å². The number of hydrogen-bond donors (Lipinski definition) is 4. The van der Waals surface area contributed by atoms with Gasteiger partial charge in [-0.1, -0.05) is 0 Å². The molecule has 0 saturated carbocycles. The molecule has 1 aromatic rings. The summed E-state index contributed by atoms with van der Waals surface area (Å²) in [4.78, 5) is 35.8. The van der Waals surface area contributed by atoms with E-state index in [-0.39, 0.29) is 18.8 Å². The van der Waals surface area contributed by atoms with Crippen molar-refractivity contribution in [3.05, 3.63) is 38.7 Å². The van der Waals surface area contributed by atoms with Crippen LogP contribution in [0.1, 0.15) is 11.8 Å². The van der Waals surface area contributed by atoms with E-state index in [1.165, 1.54) is 0 Å². The molecule has 1 aromatic heterocycles. The predicted molar refractivity (Wildman–Crippen MR) is 69.6 cm³/mol. The van der Waals surface area contributed by atoms with Crippen molar-refractivity contribution in [2.45, 2.75) is 12.3 Å². The van der Waals surface area contributed by atoms with Gasteiger partial charge in [0.1, 0.15) is 6.10 Å². The van der Waals surface area contributed by atoms with Gasteiger partial charge >= 0.3 is 11.7 Å². The molecule has 0 amide bonds. The van der Waals surface area contributed by atoms with Gasteiger partial charge in [-0.3, -0.25) is 14.3 Å². The maximum atomic E-state index is 11.8. The summed E-state index contributed by atoms with van der Waals surface area (Å²) in [7, 11) is 0. The van der Waals surface area contributed by atoms with E-state index in [4.69, 9.17) is 14.9 Å². The Hall–Kier alpha value is -2.23. The van der Waals surface area contributed by atoms with Gasteiger partial charge in [0.2, 0.25) is 0 Å². The Bertz CT molecular complexity index is 675. The van der Waals surface area contributed by atoms with Crippen molar-refractivity contribution in [1.82, 2.24) is 9.55 Å². The minimum Gasteiger partial charge on any atom is -0.478 e. The van der Waals surface area contributed by atoms with Crippen LogP contribution in [0.4, 0.5) is 0 Å². The van der Waals surface area contributed by atoms with Crippen molar-refractivity contribution in [3.63, 3.8) is 0 Å². The highest BCUT2D eigenvalue weighted by Crippen LogP contribution is 2.27. The SMILES string of the molecule is O=C(O)/C=C\c1cn([C@H]2OC[C@H](CO)[C@H]2O)c(=O)[nH]c1=O. The molecule has 0 spiro atoms. The van der Waals surface area contributed by atoms with Crippen LogP contribution in [0.3, 0.4) is 0 Å². The fraction of sp³-hybridized carbons (Fsp3) is 0.417. The van der Waals surface area contributed by atoms with Gasteiger partial charge in [0.15, 0.2) is 6.23 Å². The molecule has 0 bridgehead atoms. The van der Waals surface area contributed by atoms with Gasteiger partial charge in [-0.25, -0.2) is 9.59 Å². The molecule has 0 radical (unpaired) electrons. The highest BCUT2D eigenvalue weighted by atomic mass is 16.5. The van der Waals surface area contributed by atoms with Crippen LogP contribution in [0.25, 0.3) is 6.08 Å². The first kappa shape index (κ1) is 15.2. The van der Waals surface area contributed by atoms with Crippen LogP contribution in [0, 0.1) is 5.92 Å². The lowest BCUT2D eigenvalue weighted by Crippen LogP contribution is -2.37. The van der Waals surface area contributed by atoms with Gasteiger partial charge in [0.25, 0.3) is 5.56 Å². The number of aliphatic hydroxyl groups is 2. The maximum absolute atomic E-state index is 11.8. The number of nitrogens with one attached hydrogen (secondary N) is 1. The summed E-state index contributed by atoms with van der Waals surface area (Å²) in [6.45, 7) is -0.240. The predicted octanol–water partition coefficient (Wildman–Crippen LogP) is -1.87. The number of ether oxygens (including phenoxy) is 1. The van der Waals surface area contributed by atoms with E-state index in [0.29, 0.717) is 0 Å². The second kappa shape index (κ2) is 6.04. The molecule has 1 aliphatic heterocycles. The molecule has 0 aromatic carbocycles. The number of aromatic amines is 1. The first-order valence-corrected chi connectivity index (χ1v) is 6.11. The standard InChI is InChI=1S/C12H14N2O7/c15-4-7-5-21-11(9(7)18)14-3-6(1-2-8(16)17)10(19)13-12(14)20/h1-3,7,9,11,15,18H,4-5H2,(H,16,17)(H,13,19,20)/b2-1-/t7-,9+,11-/m0/s1. The average Bonchev–Trinajstić information content (AvgIpc) is 2.78. The molecule has 1 saturated heterocycles. The van der Waals surface area contributed by atoms with Crippen molar-refractivity contribution in [1.29, 1.82) is 0 Å². The number of nitrogens with zero attached hydrogens (tertiary/aromatic N) is 1. The number of H-pyrrole nitrogens is 1. The minimum atomic E-state index is -1.25. The van der Waals surface area contributed by atoms with Gasteiger partial charge in [-0.15, -0.1) is 0 Å². The second-order valence-electron chi connectivity index (χ2n) is 4.58. The lowest BCUT2D eigenvalue weighted by molar-refractivity contribution is -0.131. The third-order valence-electron chi connectivity index (χ3n) is 3.17. The minimum absolute atomic E-state index is 0.0637. The summed E-state index contributed by atoms with van der Waals surface area (Å²) in [5.41, 5.74) is -1.62. The van der Waals surface area contributed by atoms with Crippen molar-refractivity contribution in [2.75, 3.05) is 13.2 Å². The van der Waals surface area contributed by atoms with Crippen LogP contribution in [0.2, 0.25) is 0 Å². The molecule has 114 valence electrons. The largest absolute Gasteiger partial charge is 0.478 e. The molecule has 3 atom stereocenters. The van der Waals surface area contributed by atoms with Crippen molar-refractivity contribution < 1.29 is 24.9 Å². The summed E-state index contributed by atoms with van der Waals surface area (Å²) in [6, 6.07) is 0. The number of carboxylic acid groups (broad SMARTS) is 1. The number of hydrogen-bond acceptors (Lipinski definition) is 6. The molecule has 0 aliphatic carbocycles. The maximum Gasteiger partial charge on any atom is 0.330 e. The van der Waals surface area contributed by atoms with Gasteiger partial charge < -0.3 is 20.1 Å². The number of rotatable bonds is 4. The summed E-state index contributed by atoms with van der Waals surface area (Å²) in [5, 5.41) is 27.6. The Balaban J connectivity index is 2.41. The number of carbonyl (C=O) groups is 1. The smallest absolute Gasteiger partial charge is 0.330 e. The fourth-order valence-electron chi connectivity index (χ4n) is 2.03. The Labute approximate surface area is 117 Å². The Morgan fingerprint density at radius 2 is 2.24 bits per heavy atom. The molecule has 9 nitrogen and oxygen atoms in total. The molecule has 21 heavy (non-hydrogen) atoms. The number of carboxylic acids is 1. The van der Waals surface area contributed by atoms with Crippen LogP contribution in [0.5, 0.6) is 0 Å². The van der Waals surface area contributed by atoms with Crippen LogP contribution >= 0.6 is 0 Å². The molecule has 9 heteroatoms. The summed E-state index contributed by atoms with van der Waals surface area (Å²) in [5.74, 6) is -1.78. The van der Waals surface area contributed by atoms with Gasteiger partial charge in [-0.05, 0) is 6.08 Å². The molecule has 2 heterocycles. The van der Waals surface area contributed by atoms with E-state index in [0.717, 1.165) is 22.9 Å². The Kier molecular flexibility index (Phi) is 4.36. The van der Waals surface area contributed by atoms with Crippen molar-refractivity contribution in [2.24, 2.45) is 5.92 Å². The van der Waals surface area contributed by atoms with Gasteiger partial charge in [0.05, 0.1) is 18.8 Å². The van der Waals surface area contributed by atoms with Crippen molar-refractivity contribution in [3.8, 4) is 0 Å². The van der Waals surface area contributed by atoms with Crippen LogP contribution in [-0.4, -0.2) is 50.2 Å². The number of aliphatic carboxylic acids is 1. The fourth-order valence-corrected chi connectivity index (χ4v) is 2.03. The zero-order valence-electron chi connectivity index (χ0n) is 10.8. The van der Waals surface area contributed by atoms with E-state index in [2.05, 4.69) is 0 Å². The highest BCUT2D eigenvalue weighted by Gasteiger charge is 2.37. The third-order valence-corrected chi connectivity index (χ3v) is 3.17. The number of aliphatic hydroxyl groups excluding tert-OH is 2. The highest BCUT2D eigenvalue weighted by molar-refractivity contribution is 5.85. The van der Waals surface area contributed by atoms with Crippen LogP contribution in [0.15, 0.2) is 21.9 Å². The van der Waals surface area contributed by atoms with Crippen LogP contribution in [-0.2, 0) is 9.53 Å². The van der Waals surface area contributed by atoms with E-state index in [1.54, 1.807) is 0 Å². The lowest BCUT2D eigenvalue weighted by Gasteiger charge is -2.18. The number of aromatic nitrogens is 2. The normalized spacial score (nSPS) is 25.5. The first-order chi connectivity index (χ1) is 9.93. The van der Waals surface area contributed by atoms with Crippen molar-refractivity contribution >= 4 is 12.0 Å². The Morgan fingerprint density at radius 1 is 1.52 bits per heavy atom. The van der Waals surface area contributed by atoms with E-state index in [9.17, 15) is 19.5 Å². The lowest BCUT2D eigenvalue weighted by atomic mass is 10.1. The molecular formula is C12H14N2O7. The first-order valence-electron chi connectivity index (χ1n) is 6.11. The topological polar surface area (TPSA) is 142 Å². The van der Waals surface area contributed by atoms with Gasteiger partial charge in [0, 0.05) is 18.2 Å². The second-order valence-corrected chi connectivity index (χ2v) is 4.58. The molecule has 1 aliphatic rings.